The smallest absolute Gasteiger partial charge is 0.260 e. The highest BCUT2D eigenvalue weighted by Crippen LogP contribution is 2.12. The van der Waals surface area contributed by atoms with Gasteiger partial charge in [0, 0.05) is 10.6 Å². The van der Waals surface area contributed by atoms with Gasteiger partial charge in [-0.3, -0.25) is 0 Å². The maximum Gasteiger partial charge on any atom is 0.260 e. The Morgan fingerprint density at radius 2 is 2.00 bits per heavy atom. The van der Waals surface area contributed by atoms with Crippen molar-refractivity contribution in [2.75, 3.05) is 6.79 Å². The number of hydrogen-bond donors (Lipinski definition) is 0. The molecule has 0 amide bonds. The summed E-state index contributed by atoms with van der Waals surface area (Å²) in [6.45, 7) is 0.192. The van der Waals surface area contributed by atoms with Gasteiger partial charge in [0.2, 0.25) is 0 Å². The van der Waals surface area contributed by atoms with Crippen LogP contribution in [0, 0.1) is 0 Å². The monoisotopic (exact) mass is 183 g/mol. The minimum absolute atomic E-state index is 0.192. The van der Waals surface area contributed by atoms with Crippen molar-refractivity contribution in [3.63, 3.8) is 0 Å². The van der Waals surface area contributed by atoms with Crippen molar-refractivity contribution in [3.8, 4) is 0 Å². The summed E-state index contributed by atoms with van der Waals surface area (Å²) in [5, 5.41) is 4.38. The van der Waals surface area contributed by atoms with E-state index in [0.29, 0.717) is 10.9 Å². The van der Waals surface area contributed by atoms with Crippen molar-refractivity contribution in [2.24, 2.45) is 5.16 Å². The Morgan fingerprint density at radius 1 is 1.25 bits per heavy atom. The molecule has 0 radical (unpaired) electrons. The molecular weight excluding hydrogens is 178 g/mol. The number of hydrogen-bond acceptors (Lipinski definition) is 3. The van der Waals surface area contributed by atoms with Gasteiger partial charge in [0.1, 0.15) is 0 Å². The Balaban J connectivity index is 2.28. The Kier molecular flexibility index (Phi) is 1.87. The standard InChI is InChI=1S/C8H6ClNO2/c9-7-3-1-6(2-4-7)8-10-12-5-11-8/h1-4H,5H2. The van der Waals surface area contributed by atoms with Crippen molar-refractivity contribution in [1.29, 1.82) is 0 Å². The van der Waals surface area contributed by atoms with Crippen LogP contribution in [0.5, 0.6) is 0 Å². The first-order chi connectivity index (χ1) is 5.86. The van der Waals surface area contributed by atoms with E-state index in [1.807, 2.05) is 12.1 Å². The lowest BCUT2D eigenvalue weighted by molar-refractivity contribution is 0.0583. The van der Waals surface area contributed by atoms with Gasteiger partial charge in [-0.25, -0.2) is 0 Å². The fourth-order valence-corrected chi connectivity index (χ4v) is 1.05. The zero-order chi connectivity index (χ0) is 8.39. The zero-order valence-corrected chi connectivity index (χ0v) is 6.91. The number of halogens is 1. The Hall–Kier alpha value is -1.22. The third kappa shape index (κ3) is 1.36. The Bertz CT molecular complexity index is 307. The first-order valence-corrected chi connectivity index (χ1v) is 3.83. The lowest BCUT2D eigenvalue weighted by Crippen LogP contribution is -1.99. The number of rotatable bonds is 1. The van der Waals surface area contributed by atoms with E-state index in [1.165, 1.54) is 0 Å². The number of benzene rings is 1. The van der Waals surface area contributed by atoms with Crippen LogP contribution in [0.2, 0.25) is 5.02 Å². The molecule has 0 atom stereocenters. The van der Waals surface area contributed by atoms with Crippen LogP contribution < -0.4 is 0 Å². The molecule has 2 rings (SSSR count). The minimum atomic E-state index is 0.192. The molecule has 0 spiro atoms. The molecule has 0 aromatic heterocycles. The molecule has 1 aromatic carbocycles. The molecule has 1 aliphatic rings. The van der Waals surface area contributed by atoms with Gasteiger partial charge < -0.3 is 9.57 Å². The fraction of sp³-hybridized carbons (Fsp3) is 0.125. The van der Waals surface area contributed by atoms with Crippen molar-refractivity contribution >= 4 is 17.5 Å². The molecule has 0 aliphatic carbocycles. The lowest BCUT2D eigenvalue weighted by Gasteiger charge is -1.97. The third-order valence-corrected chi connectivity index (χ3v) is 1.74. The van der Waals surface area contributed by atoms with Crippen LogP contribution in [0.4, 0.5) is 0 Å². The summed E-state index contributed by atoms with van der Waals surface area (Å²) in [6, 6.07) is 7.22. The van der Waals surface area contributed by atoms with Crippen LogP contribution >= 0.6 is 11.6 Å². The zero-order valence-electron chi connectivity index (χ0n) is 6.16. The molecule has 1 aromatic rings. The first-order valence-electron chi connectivity index (χ1n) is 3.45. The van der Waals surface area contributed by atoms with E-state index in [-0.39, 0.29) is 6.79 Å². The van der Waals surface area contributed by atoms with Gasteiger partial charge in [0.15, 0.2) is 0 Å². The van der Waals surface area contributed by atoms with Gasteiger partial charge in [-0.1, -0.05) is 11.6 Å². The molecule has 0 fully saturated rings. The summed E-state index contributed by atoms with van der Waals surface area (Å²) in [5.41, 5.74) is 0.872. The summed E-state index contributed by atoms with van der Waals surface area (Å²) < 4.78 is 5.06. The summed E-state index contributed by atoms with van der Waals surface area (Å²) in [5.74, 6) is 0.506. The highest BCUT2D eigenvalue weighted by Gasteiger charge is 2.10. The normalized spacial score (nSPS) is 14.9. The summed E-state index contributed by atoms with van der Waals surface area (Å²) in [7, 11) is 0. The quantitative estimate of drug-likeness (QED) is 0.667. The second-order valence-electron chi connectivity index (χ2n) is 2.29. The van der Waals surface area contributed by atoms with Crippen LogP contribution in [-0.2, 0) is 9.57 Å². The summed E-state index contributed by atoms with van der Waals surface area (Å²) in [4.78, 5) is 4.67. The van der Waals surface area contributed by atoms with Crippen molar-refractivity contribution < 1.29 is 9.57 Å². The highest BCUT2D eigenvalue weighted by molar-refractivity contribution is 6.30. The number of ether oxygens (including phenoxy) is 1. The molecule has 0 unspecified atom stereocenters. The van der Waals surface area contributed by atoms with E-state index < -0.39 is 0 Å². The molecular formula is C8H6ClNO2. The molecule has 0 N–H and O–H groups in total. The van der Waals surface area contributed by atoms with E-state index in [4.69, 9.17) is 16.3 Å². The fourth-order valence-electron chi connectivity index (χ4n) is 0.922. The van der Waals surface area contributed by atoms with Crippen molar-refractivity contribution in [3.05, 3.63) is 34.9 Å². The maximum atomic E-state index is 5.71. The second-order valence-corrected chi connectivity index (χ2v) is 2.73. The average Bonchev–Trinajstić information content (AvgIpc) is 2.58. The predicted octanol–water partition coefficient (Wildman–Crippen LogP) is 2.01. The first kappa shape index (κ1) is 7.43. The van der Waals surface area contributed by atoms with Crippen molar-refractivity contribution in [2.45, 2.75) is 0 Å². The number of nitrogens with zero attached hydrogens (tertiary/aromatic N) is 1. The van der Waals surface area contributed by atoms with Crippen LogP contribution in [0.3, 0.4) is 0 Å². The molecule has 0 saturated carbocycles. The SMILES string of the molecule is Clc1ccc(C2=NOCO2)cc1. The van der Waals surface area contributed by atoms with E-state index in [9.17, 15) is 0 Å². The van der Waals surface area contributed by atoms with E-state index >= 15 is 0 Å². The average molecular weight is 184 g/mol. The summed E-state index contributed by atoms with van der Waals surface area (Å²) in [6.07, 6.45) is 0. The largest absolute Gasteiger partial charge is 0.435 e. The van der Waals surface area contributed by atoms with Gasteiger partial charge in [0.05, 0.1) is 0 Å². The molecule has 0 bridgehead atoms. The maximum absolute atomic E-state index is 5.71. The van der Waals surface area contributed by atoms with Crippen LogP contribution in [-0.4, -0.2) is 12.7 Å². The molecule has 1 heterocycles. The molecule has 4 heteroatoms. The van der Waals surface area contributed by atoms with Gasteiger partial charge in [0.25, 0.3) is 12.7 Å². The molecule has 12 heavy (non-hydrogen) atoms. The second kappa shape index (κ2) is 3.03. The van der Waals surface area contributed by atoms with Gasteiger partial charge >= 0.3 is 0 Å². The summed E-state index contributed by atoms with van der Waals surface area (Å²) >= 11 is 5.71. The molecule has 3 nitrogen and oxygen atoms in total. The van der Waals surface area contributed by atoms with Crippen LogP contribution in [0.25, 0.3) is 0 Å². The number of oxime groups is 1. The molecule has 1 aliphatic heterocycles. The third-order valence-electron chi connectivity index (χ3n) is 1.49. The van der Waals surface area contributed by atoms with E-state index in [0.717, 1.165) is 5.56 Å². The highest BCUT2D eigenvalue weighted by atomic mass is 35.5. The Labute approximate surface area is 74.5 Å². The van der Waals surface area contributed by atoms with Gasteiger partial charge in [-0.2, -0.15) is 0 Å². The molecule has 62 valence electrons. The molecule has 0 saturated heterocycles. The van der Waals surface area contributed by atoms with Crippen LogP contribution in [0.15, 0.2) is 29.4 Å². The van der Waals surface area contributed by atoms with E-state index in [1.54, 1.807) is 12.1 Å². The minimum Gasteiger partial charge on any atom is -0.435 e. The van der Waals surface area contributed by atoms with E-state index in [2.05, 4.69) is 9.99 Å². The van der Waals surface area contributed by atoms with Gasteiger partial charge in [-0.05, 0) is 29.4 Å². The topological polar surface area (TPSA) is 30.8 Å². The van der Waals surface area contributed by atoms with Gasteiger partial charge in [-0.15, -0.1) is 0 Å². The predicted molar refractivity (Wildman–Crippen MR) is 45.0 cm³/mol. The van der Waals surface area contributed by atoms with Crippen molar-refractivity contribution in [1.82, 2.24) is 0 Å². The lowest BCUT2D eigenvalue weighted by atomic mass is 10.2. The Morgan fingerprint density at radius 3 is 2.58 bits per heavy atom. The van der Waals surface area contributed by atoms with Crippen LogP contribution in [0.1, 0.15) is 5.56 Å².